The van der Waals surface area contributed by atoms with Crippen molar-refractivity contribution < 1.29 is 9.32 Å². The van der Waals surface area contributed by atoms with Crippen LogP contribution in [0.1, 0.15) is 34.9 Å². The minimum absolute atomic E-state index is 0.166. The summed E-state index contributed by atoms with van der Waals surface area (Å²) in [7, 11) is 0. The lowest BCUT2D eigenvalue weighted by Gasteiger charge is -2.29. The predicted molar refractivity (Wildman–Crippen MR) is 82.2 cm³/mol. The molecule has 2 aromatic rings. The average Bonchev–Trinajstić information content (AvgIpc) is 3.19. The van der Waals surface area contributed by atoms with E-state index >= 15 is 0 Å². The molecular formula is C16H15BrN2O2. The van der Waals surface area contributed by atoms with Gasteiger partial charge >= 0.3 is 0 Å². The van der Waals surface area contributed by atoms with Crippen LogP contribution in [0, 0.1) is 19.8 Å². The highest BCUT2D eigenvalue weighted by Gasteiger charge is 2.51. The van der Waals surface area contributed by atoms with Crippen molar-refractivity contribution in [2.45, 2.75) is 32.7 Å². The first-order valence-electron chi connectivity index (χ1n) is 7.09. The van der Waals surface area contributed by atoms with Crippen LogP contribution in [0.3, 0.4) is 0 Å². The summed E-state index contributed by atoms with van der Waals surface area (Å²) in [5, 5.41) is 3.99. The smallest absolute Gasteiger partial charge is 0.231 e. The maximum atomic E-state index is 12.6. The first-order chi connectivity index (χ1) is 10.1. The van der Waals surface area contributed by atoms with Crippen LogP contribution in [0.15, 0.2) is 27.2 Å². The van der Waals surface area contributed by atoms with Crippen LogP contribution in [0.5, 0.6) is 0 Å². The molecule has 2 unspecified atom stereocenters. The molecule has 1 aromatic heterocycles. The average molecular weight is 347 g/mol. The summed E-state index contributed by atoms with van der Waals surface area (Å²) in [5.74, 6) is 1.60. The number of benzene rings is 1. The molecule has 4 rings (SSSR count). The molecule has 21 heavy (non-hydrogen) atoms. The Balaban J connectivity index is 1.79. The van der Waals surface area contributed by atoms with E-state index in [2.05, 4.69) is 33.2 Å². The van der Waals surface area contributed by atoms with Crippen molar-refractivity contribution in [3.63, 3.8) is 0 Å². The fourth-order valence-corrected chi connectivity index (χ4v) is 3.59. The van der Waals surface area contributed by atoms with Crippen molar-refractivity contribution in [2.75, 3.05) is 4.90 Å². The number of hydrogen-bond acceptors (Lipinski definition) is 3. The highest BCUT2D eigenvalue weighted by atomic mass is 79.9. The number of fused-ring (bicyclic) bond motifs is 3. The van der Waals surface area contributed by atoms with E-state index in [9.17, 15) is 4.79 Å². The maximum Gasteiger partial charge on any atom is 0.231 e. The molecule has 0 saturated heterocycles. The minimum Gasteiger partial charge on any atom is -0.361 e. The summed E-state index contributed by atoms with van der Waals surface area (Å²) >= 11 is 3.51. The molecule has 0 radical (unpaired) electrons. The van der Waals surface area contributed by atoms with E-state index in [0.717, 1.165) is 33.6 Å². The monoisotopic (exact) mass is 346 g/mol. The number of carbonyl (C=O) groups excluding carboxylic acids is 1. The van der Waals surface area contributed by atoms with Crippen LogP contribution >= 0.6 is 15.9 Å². The van der Waals surface area contributed by atoms with Gasteiger partial charge in [0, 0.05) is 21.6 Å². The molecule has 2 heterocycles. The highest BCUT2D eigenvalue weighted by Crippen LogP contribution is 2.55. The van der Waals surface area contributed by atoms with Gasteiger partial charge in [0.1, 0.15) is 5.76 Å². The lowest BCUT2D eigenvalue weighted by molar-refractivity contribution is -0.120. The summed E-state index contributed by atoms with van der Waals surface area (Å²) in [4.78, 5) is 14.5. The van der Waals surface area contributed by atoms with E-state index < -0.39 is 0 Å². The van der Waals surface area contributed by atoms with E-state index in [0.29, 0.717) is 12.5 Å². The van der Waals surface area contributed by atoms with E-state index in [1.165, 1.54) is 5.56 Å². The molecule has 5 heteroatoms. The largest absolute Gasteiger partial charge is 0.361 e. The first kappa shape index (κ1) is 13.1. The van der Waals surface area contributed by atoms with Crippen molar-refractivity contribution in [1.29, 1.82) is 0 Å². The predicted octanol–water partition coefficient (Wildman–Crippen LogP) is 3.70. The van der Waals surface area contributed by atoms with Crippen LogP contribution in [0.25, 0.3) is 0 Å². The lowest BCUT2D eigenvalue weighted by Crippen LogP contribution is -2.35. The number of amides is 1. The summed E-state index contributed by atoms with van der Waals surface area (Å²) in [6.07, 6.45) is 0.978. The van der Waals surface area contributed by atoms with Gasteiger partial charge in [0.25, 0.3) is 0 Å². The van der Waals surface area contributed by atoms with E-state index in [4.69, 9.17) is 4.52 Å². The second-order valence-electron chi connectivity index (χ2n) is 5.88. The highest BCUT2D eigenvalue weighted by molar-refractivity contribution is 9.10. The van der Waals surface area contributed by atoms with Crippen molar-refractivity contribution >= 4 is 27.5 Å². The zero-order valence-corrected chi connectivity index (χ0v) is 13.5. The second-order valence-corrected chi connectivity index (χ2v) is 6.79. The first-order valence-corrected chi connectivity index (χ1v) is 7.88. The Morgan fingerprint density at radius 1 is 1.38 bits per heavy atom. The van der Waals surface area contributed by atoms with Crippen molar-refractivity contribution in [3.8, 4) is 0 Å². The summed E-state index contributed by atoms with van der Waals surface area (Å²) in [5.41, 5.74) is 4.17. The Kier molecular flexibility index (Phi) is 2.76. The molecule has 108 valence electrons. The number of anilines is 1. The number of nitrogens with zero attached hydrogens (tertiary/aromatic N) is 2. The topological polar surface area (TPSA) is 46.3 Å². The normalized spacial score (nSPS) is 23.0. The van der Waals surface area contributed by atoms with Gasteiger partial charge in [-0.15, -0.1) is 0 Å². The van der Waals surface area contributed by atoms with Crippen molar-refractivity contribution in [1.82, 2.24) is 5.16 Å². The molecule has 1 saturated carbocycles. The van der Waals surface area contributed by atoms with Crippen molar-refractivity contribution in [2.24, 2.45) is 5.92 Å². The zero-order chi connectivity index (χ0) is 14.7. The molecular weight excluding hydrogens is 332 g/mol. The van der Waals surface area contributed by atoms with E-state index in [1.807, 2.05) is 24.8 Å². The van der Waals surface area contributed by atoms with Gasteiger partial charge in [-0.05, 0) is 43.9 Å². The maximum absolute atomic E-state index is 12.6. The van der Waals surface area contributed by atoms with Crippen LogP contribution in [0.4, 0.5) is 5.69 Å². The molecule has 0 bridgehead atoms. The van der Waals surface area contributed by atoms with Gasteiger partial charge in [-0.3, -0.25) is 4.79 Å². The van der Waals surface area contributed by atoms with Crippen LogP contribution in [-0.4, -0.2) is 11.1 Å². The Hall–Kier alpha value is -1.62. The quantitative estimate of drug-likeness (QED) is 0.832. The molecule has 1 amide bonds. The van der Waals surface area contributed by atoms with E-state index in [1.54, 1.807) is 0 Å². The van der Waals surface area contributed by atoms with Gasteiger partial charge in [0.05, 0.1) is 12.2 Å². The fourth-order valence-electron chi connectivity index (χ4n) is 3.24. The molecule has 1 aliphatic heterocycles. The number of carbonyl (C=O) groups is 1. The molecule has 0 spiro atoms. The number of aromatic nitrogens is 1. The van der Waals surface area contributed by atoms with Gasteiger partial charge in [0.2, 0.25) is 5.91 Å². The molecule has 1 aromatic carbocycles. The van der Waals surface area contributed by atoms with Crippen molar-refractivity contribution in [3.05, 3.63) is 45.3 Å². The molecule has 1 aliphatic carbocycles. The molecule has 2 atom stereocenters. The third-order valence-electron chi connectivity index (χ3n) is 4.55. The molecule has 4 nitrogen and oxygen atoms in total. The van der Waals surface area contributed by atoms with E-state index in [-0.39, 0.29) is 11.8 Å². The summed E-state index contributed by atoms with van der Waals surface area (Å²) in [6.45, 7) is 4.35. The van der Waals surface area contributed by atoms with Gasteiger partial charge in [-0.2, -0.15) is 0 Å². The molecule has 0 N–H and O–H groups in total. The Labute approximate surface area is 131 Å². The van der Waals surface area contributed by atoms with Crippen LogP contribution in [0.2, 0.25) is 0 Å². The van der Waals surface area contributed by atoms with Gasteiger partial charge in [0.15, 0.2) is 0 Å². The number of rotatable bonds is 2. The Bertz CT molecular complexity index is 733. The fraction of sp³-hybridized carbons (Fsp3) is 0.375. The zero-order valence-electron chi connectivity index (χ0n) is 11.9. The Morgan fingerprint density at radius 3 is 2.90 bits per heavy atom. The Morgan fingerprint density at radius 2 is 2.19 bits per heavy atom. The summed E-state index contributed by atoms with van der Waals surface area (Å²) in [6, 6.07) is 6.23. The van der Waals surface area contributed by atoms with Gasteiger partial charge in [-0.25, -0.2) is 0 Å². The molecule has 1 fully saturated rings. The lowest BCUT2D eigenvalue weighted by atomic mass is 10.00. The van der Waals surface area contributed by atoms with Crippen LogP contribution in [-0.2, 0) is 11.3 Å². The second kappa shape index (κ2) is 4.44. The van der Waals surface area contributed by atoms with Gasteiger partial charge in [-0.1, -0.05) is 27.2 Å². The molecule has 2 aliphatic rings. The summed E-state index contributed by atoms with van der Waals surface area (Å²) < 4.78 is 6.22. The number of aryl methyl sites for hydroxylation is 2. The number of halogens is 1. The van der Waals surface area contributed by atoms with Crippen LogP contribution < -0.4 is 4.90 Å². The standard InChI is InChI=1S/C16H15BrN2O2/c1-8-14(9(2)21-18-8)7-19-15-5-10(17)3-4-11(15)12-6-13(12)16(19)20/h3-5,12-13H,6-7H2,1-2H3. The SMILES string of the molecule is Cc1noc(C)c1CN1C(=O)C2CC2c2ccc(Br)cc21. The third-order valence-corrected chi connectivity index (χ3v) is 5.05. The number of hydrogen-bond donors (Lipinski definition) is 0. The van der Waals surface area contributed by atoms with Gasteiger partial charge < -0.3 is 9.42 Å². The third kappa shape index (κ3) is 1.94. The minimum atomic E-state index is 0.166.